The van der Waals surface area contributed by atoms with Gasteiger partial charge in [0.25, 0.3) is 0 Å². The van der Waals surface area contributed by atoms with Gasteiger partial charge >= 0.3 is 0 Å². The van der Waals surface area contributed by atoms with Crippen molar-refractivity contribution >= 4 is 45.0 Å². The van der Waals surface area contributed by atoms with Crippen LogP contribution in [0.5, 0.6) is 0 Å². The minimum atomic E-state index is -0.0506. The molecule has 1 fully saturated rings. The standard InChI is InChI=1S/C13H14ClN5S/c1-6(11(14)15)8-9-10(20-12(8)16)13(18-5-17-9)19-7-3-2-4-7/h5,7,15-16H,2-4H2,1H3,(H,17,18,19)/b8-6-,15-11?,16-12?. The van der Waals surface area contributed by atoms with Crippen LogP contribution in [0, 0.1) is 10.8 Å². The van der Waals surface area contributed by atoms with E-state index in [1.807, 2.05) is 0 Å². The number of allylic oxidation sites excluding steroid dienone is 1. The van der Waals surface area contributed by atoms with E-state index in [1.54, 1.807) is 6.92 Å². The third kappa shape index (κ3) is 2.23. The predicted molar refractivity (Wildman–Crippen MR) is 83.1 cm³/mol. The Bertz CT molecular complexity index is 636. The molecule has 0 bridgehead atoms. The highest BCUT2D eigenvalue weighted by Crippen LogP contribution is 2.44. The molecule has 2 heterocycles. The summed E-state index contributed by atoms with van der Waals surface area (Å²) < 4.78 is 0. The van der Waals surface area contributed by atoms with Crippen LogP contribution in [0.3, 0.4) is 0 Å². The molecule has 0 amide bonds. The smallest absolute Gasteiger partial charge is 0.144 e. The maximum Gasteiger partial charge on any atom is 0.144 e. The summed E-state index contributed by atoms with van der Waals surface area (Å²) in [5.74, 6) is 0.790. The van der Waals surface area contributed by atoms with Gasteiger partial charge in [-0.05, 0) is 31.8 Å². The summed E-state index contributed by atoms with van der Waals surface area (Å²) in [7, 11) is 0. The van der Waals surface area contributed by atoms with Crippen molar-refractivity contribution in [3.05, 3.63) is 17.6 Å². The molecular formula is C13H14ClN5S. The zero-order valence-electron chi connectivity index (χ0n) is 11.0. The Balaban J connectivity index is 2.03. The van der Waals surface area contributed by atoms with E-state index in [-0.39, 0.29) is 5.17 Å². The summed E-state index contributed by atoms with van der Waals surface area (Å²) >= 11 is 7.09. The third-order valence-corrected chi connectivity index (χ3v) is 4.90. The number of thioether (sulfide) groups is 1. The molecule has 0 atom stereocenters. The van der Waals surface area contributed by atoms with Crippen molar-refractivity contribution in [2.75, 3.05) is 5.32 Å². The third-order valence-electron chi connectivity index (χ3n) is 3.62. The fourth-order valence-corrected chi connectivity index (χ4v) is 3.33. The van der Waals surface area contributed by atoms with Gasteiger partial charge in [-0.2, -0.15) is 0 Å². The lowest BCUT2D eigenvalue weighted by atomic mass is 9.93. The molecule has 7 heteroatoms. The molecule has 20 heavy (non-hydrogen) atoms. The van der Waals surface area contributed by atoms with Crippen LogP contribution in [-0.4, -0.2) is 26.2 Å². The van der Waals surface area contributed by atoms with Gasteiger partial charge in [-0.3, -0.25) is 10.8 Å². The van der Waals surface area contributed by atoms with Gasteiger partial charge in [0.2, 0.25) is 0 Å². The van der Waals surface area contributed by atoms with Gasteiger partial charge in [0.1, 0.15) is 22.4 Å². The zero-order valence-corrected chi connectivity index (χ0v) is 12.5. The highest BCUT2D eigenvalue weighted by atomic mass is 35.5. The Hall–Kier alpha value is -1.40. The molecule has 0 saturated heterocycles. The number of nitrogens with zero attached hydrogens (tertiary/aromatic N) is 2. The van der Waals surface area contributed by atoms with Crippen molar-refractivity contribution in [3.8, 4) is 0 Å². The van der Waals surface area contributed by atoms with Crippen LogP contribution in [0.25, 0.3) is 5.57 Å². The number of anilines is 1. The molecule has 5 nitrogen and oxygen atoms in total. The molecule has 1 aromatic heterocycles. The van der Waals surface area contributed by atoms with Gasteiger partial charge in [0.05, 0.1) is 10.6 Å². The number of fused-ring (bicyclic) bond motifs is 1. The average Bonchev–Trinajstić information content (AvgIpc) is 2.69. The number of hydrogen-bond donors (Lipinski definition) is 3. The molecule has 3 rings (SSSR count). The maximum atomic E-state index is 8.11. The monoisotopic (exact) mass is 307 g/mol. The van der Waals surface area contributed by atoms with Crippen molar-refractivity contribution < 1.29 is 0 Å². The minimum Gasteiger partial charge on any atom is -0.366 e. The second-order valence-corrected chi connectivity index (χ2v) is 6.32. The molecule has 0 spiro atoms. The number of nitrogens with one attached hydrogen (secondary N) is 3. The van der Waals surface area contributed by atoms with Crippen LogP contribution < -0.4 is 5.32 Å². The second-order valence-electron chi connectivity index (χ2n) is 4.92. The van der Waals surface area contributed by atoms with E-state index in [2.05, 4.69) is 15.3 Å². The highest BCUT2D eigenvalue weighted by molar-refractivity contribution is 8.15. The van der Waals surface area contributed by atoms with E-state index in [4.69, 9.17) is 22.4 Å². The Labute approximate surface area is 126 Å². The molecule has 1 aliphatic heterocycles. The van der Waals surface area contributed by atoms with E-state index >= 15 is 0 Å². The molecule has 3 N–H and O–H groups in total. The summed E-state index contributed by atoms with van der Waals surface area (Å²) in [6.07, 6.45) is 5.08. The zero-order chi connectivity index (χ0) is 14.3. The van der Waals surface area contributed by atoms with Gasteiger partial charge in [-0.15, -0.1) is 0 Å². The molecule has 2 aliphatic rings. The first-order valence-electron chi connectivity index (χ1n) is 6.42. The van der Waals surface area contributed by atoms with Gasteiger partial charge in [0.15, 0.2) is 0 Å². The first-order valence-corrected chi connectivity index (χ1v) is 7.61. The molecule has 1 aromatic rings. The lowest BCUT2D eigenvalue weighted by Gasteiger charge is -2.27. The van der Waals surface area contributed by atoms with E-state index < -0.39 is 0 Å². The van der Waals surface area contributed by atoms with Crippen molar-refractivity contribution in [2.24, 2.45) is 0 Å². The van der Waals surface area contributed by atoms with Crippen LogP contribution in [0.1, 0.15) is 31.9 Å². The van der Waals surface area contributed by atoms with Crippen molar-refractivity contribution in [1.29, 1.82) is 10.8 Å². The highest BCUT2D eigenvalue weighted by Gasteiger charge is 2.31. The quantitative estimate of drug-likeness (QED) is 0.746. The van der Waals surface area contributed by atoms with Crippen LogP contribution in [-0.2, 0) is 0 Å². The number of aromatic nitrogens is 2. The van der Waals surface area contributed by atoms with Crippen molar-refractivity contribution in [2.45, 2.75) is 37.1 Å². The van der Waals surface area contributed by atoms with Crippen molar-refractivity contribution in [3.63, 3.8) is 0 Å². The van der Waals surface area contributed by atoms with Crippen LogP contribution in [0.4, 0.5) is 5.82 Å². The number of rotatable bonds is 3. The Kier molecular flexibility index (Phi) is 3.52. The Morgan fingerprint density at radius 1 is 1.45 bits per heavy atom. The minimum absolute atomic E-state index is 0.0506. The molecule has 0 radical (unpaired) electrons. The normalized spacial score (nSPS) is 20.4. The van der Waals surface area contributed by atoms with Crippen LogP contribution >= 0.6 is 23.4 Å². The largest absolute Gasteiger partial charge is 0.366 e. The maximum absolute atomic E-state index is 8.11. The van der Waals surface area contributed by atoms with Gasteiger partial charge < -0.3 is 5.32 Å². The lowest BCUT2D eigenvalue weighted by molar-refractivity contribution is 0.443. The first-order chi connectivity index (χ1) is 9.58. The summed E-state index contributed by atoms with van der Waals surface area (Å²) in [5.41, 5.74) is 1.93. The molecule has 1 aliphatic carbocycles. The van der Waals surface area contributed by atoms with Gasteiger partial charge in [-0.1, -0.05) is 23.4 Å². The summed E-state index contributed by atoms with van der Waals surface area (Å²) in [5, 5.41) is 19.4. The van der Waals surface area contributed by atoms with Crippen LogP contribution in [0.2, 0.25) is 0 Å². The fourth-order valence-electron chi connectivity index (χ4n) is 2.22. The van der Waals surface area contributed by atoms with Gasteiger partial charge in [0, 0.05) is 11.6 Å². The van der Waals surface area contributed by atoms with E-state index in [9.17, 15) is 0 Å². The van der Waals surface area contributed by atoms with E-state index in [0.717, 1.165) is 23.6 Å². The fraction of sp³-hybridized carbons (Fsp3) is 0.385. The first kappa shape index (κ1) is 13.6. The van der Waals surface area contributed by atoms with Gasteiger partial charge in [-0.25, -0.2) is 9.97 Å². The Morgan fingerprint density at radius 3 is 2.80 bits per heavy atom. The Morgan fingerprint density at radius 2 is 2.20 bits per heavy atom. The second kappa shape index (κ2) is 5.18. The SMILES string of the molecule is C/C(C(=N)Cl)=C1/C(=N)Sc2c(NC3CCC3)ncnc21. The molecule has 104 valence electrons. The van der Waals surface area contributed by atoms with Crippen LogP contribution in [0.15, 0.2) is 16.8 Å². The summed E-state index contributed by atoms with van der Waals surface area (Å²) in [6, 6.07) is 0.476. The number of hydrogen-bond acceptors (Lipinski definition) is 6. The lowest BCUT2D eigenvalue weighted by Crippen LogP contribution is -2.27. The average molecular weight is 308 g/mol. The summed E-state index contributed by atoms with van der Waals surface area (Å²) in [4.78, 5) is 9.45. The molecule has 0 unspecified atom stereocenters. The summed E-state index contributed by atoms with van der Waals surface area (Å²) in [6.45, 7) is 1.75. The van der Waals surface area contributed by atoms with E-state index in [1.165, 1.54) is 24.5 Å². The molecule has 1 saturated carbocycles. The molecule has 0 aromatic carbocycles. The topological polar surface area (TPSA) is 85.5 Å². The predicted octanol–water partition coefficient (Wildman–Crippen LogP) is 3.51. The number of halogens is 1. The van der Waals surface area contributed by atoms with E-state index in [0.29, 0.717) is 27.9 Å². The van der Waals surface area contributed by atoms with Crippen molar-refractivity contribution in [1.82, 2.24) is 9.97 Å². The molecular weight excluding hydrogens is 294 g/mol.